The molecule has 1 heterocycles. The zero-order chi connectivity index (χ0) is 17.6. The van der Waals surface area contributed by atoms with Crippen molar-refractivity contribution in [2.24, 2.45) is 0 Å². The van der Waals surface area contributed by atoms with E-state index in [2.05, 4.69) is 48.3 Å². The molecule has 4 nitrogen and oxygen atoms in total. The minimum atomic E-state index is 0.142. The number of amides is 2. The van der Waals surface area contributed by atoms with Crippen LogP contribution in [0.5, 0.6) is 0 Å². The van der Waals surface area contributed by atoms with Crippen LogP contribution in [0.1, 0.15) is 63.9 Å². The van der Waals surface area contributed by atoms with Gasteiger partial charge in [0, 0.05) is 37.9 Å². The van der Waals surface area contributed by atoms with Crippen LogP contribution in [-0.4, -0.2) is 43.2 Å². The first-order valence-electron chi connectivity index (χ1n) is 10.0. The quantitative estimate of drug-likeness (QED) is 0.828. The molecule has 1 aromatic carbocycles. The Balaban J connectivity index is 1.54. The molecule has 1 aromatic rings. The van der Waals surface area contributed by atoms with E-state index in [1.54, 1.807) is 0 Å². The number of anilines is 1. The van der Waals surface area contributed by atoms with Crippen molar-refractivity contribution in [1.82, 2.24) is 10.2 Å². The highest BCUT2D eigenvalue weighted by Crippen LogP contribution is 2.28. The lowest BCUT2D eigenvalue weighted by atomic mass is 10.00. The van der Waals surface area contributed by atoms with Crippen LogP contribution in [0, 0.1) is 0 Å². The number of rotatable bonds is 3. The van der Waals surface area contributed by atoms with E-state index >= 15 is 0 Å². The van der Waals surface area contributed by atoms with E-state index in [1.165, 1.54) is 36.9 Å². The number of hydrogen-bond donors (Lipinski definition) is 1. The molecule has 0 radical (unpaired) electrons. The summed E-state index contributed by atoms with van der Waals surface area (Å²) in [7, 11) is 0. The number of nitrogens with zero attached hydrogens (tertiary/aromatic N) is 2. The summed E-state index contributed by atoms with van der Waals surface area (Å²) in [4.78, 5) is 17.0. The first-order valence-corrected chi connectivity index (χ1v) is 10.0. The SMILES string of the molecule is CC(C)c1ccccc1N1CCN(C(=O)NC2CCCCCC2)CC1. The monoisotopic (exact) mass is 343 g/mol. The lowest BCUT2D eigenvalue weighted by Crippen LogP contribution is -2.53. The van der Waals surface area contributed by atoms with Gasteiger partial charge < -0.3 is 15.1 Å². The molecular formula is C21H33N3O. The molecule has 0 aromatic heterocycles. The van der Waals surface area contributed by atoms with Crippen molar-refractivity contribution in [1.29, 1.82) is 0 Å². The Morgan fingerprint density at radius 3 is 2.28 bits per heavy atom. The molecule has 138 valence electrons. The Morgan fingerprint density at radius 1 is 1.00 bits per heavy atom. The van der Waals surface area contributed by atoms with Gasteiger partial charge in [-0.15, -0.1) is 0 Å². The van der Waals surface area contributed by atoms with Gasteiger partial charge in [-0.2, -0.15) is 0 Å². The predicted octanol–water partition coefficient (Wildman–Crippen LogP) is 4.36. The highest BCUT2D eigenvalue weighted by atomic mass is 16.2. The molecule has 2 fully saturated rings. The van der Waals surface area contributed by atoms with Crippen molar-refractivity contribution in [3.8, 4) is 0 Å². The first kappa shape index (κ1) is 18.1. The largest absolute Gasteiger partial charge is 0.368 e. The van der Waals surface area contributed by atoms with Gasteiger partial charge in [0.15, 0.2) is 0 Å². The molecule has 2 amide bonds. The van der Waals surface area contributed by atoms with Gasteiger partial charge in [-0.25, -0.2) is 4.79 Å². The number of carbonyl (C=O) groups excluding carboxylic acids is 1. The van der Waals surface area contributed by atoms with Gasteiger partial charge in [0.25, 0.3) is 0 Å². The first-order chi connectivity index (χ1) is 12.1. The molecule has 3 rings (SSSR count). The summed E-state index contributed by atoms with van der Waals surface area (Å²) >= 11 is 0. The van der Waals surface area contributed by atoms with Gasteiger partial charge in [0.05, 0.1) is 0 Å². The van der Waals surface area contributed by atoms with E-state index in [0.29, 0.717) is 12.0 Å². The lowest BCUT2D eigenvalue weighted by Gasteiger charge is -2.38. The molecule has 1 saturated carbocycles. The molecule has 0 bridgehead atoms. The summed E-state index contributed by atoms with van der Waals surface area (Å²) in [6, 6.07) is 9.21. The van der Waals surface area contributed by atoms with Crippen LogP contribution >= 0.6 is 0 Å². The number of nitrogens with one attached hydrogen (secondary N) is 1. The van der Waals surface area contributed by atoms with Crippen molar-refractivity contribution >= 4 is 11.7 Å². The van der Waals surface area contributed by atoms with Crippen LogP contribution in [0.15, 0.2) is 24.3 Å². The third-order valence-corrected chi connectivity index (χ3v) is 5.65. The molecule has 1 aliphatic heterocycles. The van der Waals surface area contributed by atoms with Crippen LogP contribution in [-0.2, 0) is 0 Å². The highest BCUT2D eigenvalue weighted by molar-refractivity contribution is 5.75. The third kappa shape index (κ3) is 4.68. The fourth-order valence-electron chi connectivity index (χ4n) is 4.10. The zero-order valence-electron chi connectivity index (χ0n) is 15.8. The maximum atomic E-state index is 12.6. The Bertz CT molecular complexity index is 556. The fourth-order valence-corrected chi connectivity index (χ4v) is 4.10. The summed E-state index contributed by atoms with van der Waals surface area (Å²) in [5, 5.41) is 3.28. The van der Waals surface area contributed by atoms with Gasteiger partial charge >= 0.3 is 6.03 Å². The molecule has 0 atom stereocenters. The Kier molecular flexibility index (Phi) is 6.22. The molecule has 1 N–H and O–H groups in total. The number of hydrogen-bond acceptors (Lipinski definition) is 2. The number of carbonyl (C=O) groups is 1. The molecule has 4 heteroatoms. The van der Waals surface area contributed by atoms with Crippen LogP contribution in [0.4, 0.5) is 10.5 Å². The number of urea groups is 1. The molecular weight excluding hydrogens is 310 g/mol. The van der Waals surface area contributed by atoms with E-state index in [9.17, 15) is 4.79 Å². The summed E-state index contributed by atoms with van der Waals surface area (Å²) in [5.74, 6) is 0.521. The van der Waals surface area contributed by atoms with Gasteiger partial charge in [0.1, 0.15) is 0 Å². The van der Waals surface area contributed by atoms with Crippen molar-refractivity contribution < 1.29 is 4.79 Å². The number of para-hydroxylation sites is 1. The summed E-state index contributed by atoms with van der Waals surface area (Å²) in [6.45, 7) is 7.95. The van der Waals surface area contributed by atoms with Crippen LogP contribution < -0.4 is 10.2 Å². The normalized spacial score (nSPS) is 19.8. The predicted molar refractivity (Wildman–Crippen MR) is 104 cm³/mol. The van der Waals surface area contributed by atoms with Crippen LogP contribution in [0.25, 0.3) is 0 Å². The third-order valence-electron chi connectivity index (χ3n) is 5.65. The van der Waals surface area contributed by atoms with Crippen molar-refractivity contribution in [2.75, 3.05) is 31.1 Å². The van der Waals surface area contributed by atoms with E-state index in [0.717, 1.165) is 39.0 Å². The van der Waals surface area contributed by atoms with Crippen LogP contribution in [0.2, 0.25) is 0 Å². The second kappa shape index (κ2) is 8.59. The Labute approximate surface area is 152 Å². The molecule has 1 saturated heterocycles. The van der Waals surface area contributed by atoms with E-state index in [1.807, 2.05) is 4.90 Å². The molecule has 25 heavy (non-hydrogen) atoms. The number of piperazine rings is 1. The summed E-state index contributed by atoms with van der Waals surface area (Å²) < 4.78 is 0. The average molecular weight is 344 g/mol. The van der Waals surface area contributed by atoms with Crippen molar-refractivity contribution in [3.05, 3.63) is 29.8 Å². The molecule has 2 aliphatic rings. The molecule has 0 unspecified atom stereocenters. The van der Waals surface area contributed by atoms with Gasteiger partial charge in [0.2, 0.25) is 0 Å². The Hall–Kier alpha value is -1.71. The molecule has 0 spiro atoms. The highest BCUT2D eigenvalue weighted by Gasteiger charge is 2.24. The minimum absolute atomic E-state index is 0.142. The van der Waals surface area contributed by atoms with E-state index < -0.39 is 0 Å². The maximum absolute atomic E-state index is 12.6. The lowest BCUT2D eigenvalue weighted by molar-refractivity contribution is 0.189. The summed E-state index contributed by atoms with van der Waals surface area (Å²) in [6.07, 6.45) is 7.44. The molecule has 1 aliphatic carbocycles. The van der Waals surface area contributed by atoms with Gasteiger partial charge in [-0.05, 0) is 30.4 Å². The maximum Gasteiger partial charge on any atom is 0.317 e. The topological polar surface area (TPSA) is 35.6 Å². The average Bonchev–Trinajstić information content (AvgIpc) is 2.90. The second-order valence-corrected chi connectivity index (χ2v) is 7.83. The second-order valence-electron chi connectivity index (χ2n) is 7.83. The van der Waals surface area contributed by atoms with E-state index in [-0.39, 0.29) is 6.03 Å². The smallest absolute Gasteiger partial charge is 0.317 e. The standard InChI is InChI=1S/C21H33N3O/c1-17(2)19-11-7-8-12-20(19)23-13-15-24(16-14-23)21(25)22-18-9-5-3-4-6-10-18/h7-8,11-12,17-18H,3-6,9-10,13-16H2,1-2H3,(H,22,25). The minimum Gasteiger partial charge on any atom is -0.368 e. The van der Waals surface area contributed by atoms with Gasteiger partial charge in [-0.3, -0.25) is 0 Å². The van der Waals surface area contributed by atoms with Crippen molar-refractivity contribution in [2.45, 2.75) is 64.3 Å². The van der Waals surface area contributed by atoms with E-state index in [4.69, 9.17) is 0 Å². The van der Waals surface area contributed by atoms with Crippen LogP contribution in [0.3, 0.4) is 0 Å². The number of benzene rings is 1. The summed E-state index contributed by atoms with van der Waals surface area (Å²) in [5.41, 5.74) is 2.74. The zero-order valence-corrected chi connectivity index (χ0v) is 15.8. The fraction of sp³-hybridized carbons (Fsp3) is 0.667. The van der Waals surface area contributed by atoms with Crippen molar-refractivity contribution in [3.63, 3.8) is 0 Å². The Morgan fingerprint density at radius 2 is 1.64 bits per heavy atom. The van der Waals surface area contributed by atoms with Gasteiger partial charge in [-0.1, -0.05) is 57.7 Å².